The van der Waals surface area contributed by atoms with E-state index in [0.29, 0.717) is 13.0 Å². The maximum Gasteiger partial charge on any atom is 0.257 e. The number of hydrogen-bond acceptors (Lipinski definition) is 3. The second-order valence-electron chi connectivity index (χ2n) is 3.69. The van der Waals surface area contributed by atoms with Crippen LogP contribution < -0.4 is 5.32 Å². The van der Waals surface area contributed by atoms with Gasteiger partial charge in [-0.05, 0) is 18.6 Å². The van der Waals surface area contributed by atoms with Crippen LogP contribution in [-0.2, 0) is 4.74 Å². The van der Waals surface area contributed by atoms with Crippen LogP contribution in [0.25, 0.3) is 0 Å². The fourth-order valence-corrected chi connectivity index (χ4v) is 1.79. The summed E-state index contributed by atoms with van der Waals surface area (Å²) in [4.78, 5) is 11.6. The smallest absolute Gasteiger partial charge is 0.257 e. The van der Waals surface area contributed by atoms with Crippen molar-refractivity contribution in [3.05, 3.63) is 33.8 Å². The van der Waals surface area contributed by atoms with Gasteiger partial charge in [0.2, 0.25) is 0 Å². The molecule has 0 saturated heterocycles. The quantitative estimate of drug-likeness (QED) is 0.746. The van der Waals surface area contributed by atoms with Gasteiger partial charge in [-0.25, -0.2) is 8.78 Å². The lowest BCUT2D eigenvalue weighted by Crippen LogP contribution is -2.27. The van der Waals surface area contributed by atoms with Gasteiger partial charge in [-0.3, -0.25) is 4.79 Å². The van der Waals surface area contributed by atoms with Gasteiger partial charge in [0.05, 0.1) is 13.2 Å². The number of benzene rings is 1. The average Bonchev–Trinajstić information content (AvgIpc) is 2.32. The molecule has 1 rings (SSSR count). The molecule has 1 aromatic carbocycles. The van der Waals surface area contributed by atoms with E-state index in [4.69, 9.17) is 9.84 Å². The van der Waals surface area contributed by atoms with Crippen LogP contribution in [0.15, 0.2) is 16.6 Å². The van der Waals surface area contributed by atoms with Crippen LogP contribution >= 0.6 is 15.9 Å². The highest BCUT2D eigenvalue weighted by molar-refractivity contribution is 9.10. The molecule has 0 bridgehead atoms. The lowest BCUT2D eigenvalue weighted by molar-refractivity contribution is 0.0864. The Morgan fingerprint density at radius 2 is 1.95 bits per heavy atom. The number of aliphatic hydroxyl groups excluding tert-OH is 1. The third-order valence-electron chi connectivity index (χ3n) is 2.22. The van der Waals surface area contributed by atoms with E-state index in [-0.39, 0.29) is 24.2 Å². The Balaban J connectivity index is 2.46. The highest BCUT2D eigenvalue weighted by Gasteiger charge is 2.17. The van der Waals surface area contributed by atoms with Crippen LogP contribution in [0.4, 0.5) is 8.78 Å². The minimum Gasteiger partial charge on any atom is -0.394 e. The summed E-state index contributed by atoms with van der Waals surface area (Å²) in [6.07, 6.45) is 0.492. The van der Waals surface area contributed by atoms with Gasteiger partial charge in [0.25, 0.3) is 5.91 Å². The van der Waals surface area contributed by atoms with Crippen LogP contribution in [0.5, 0.6) is 0 Å². The first-order valence-corrected chi connectivity index (χ1v) is 6.47. The van der Waals surface area contributed by atoms with Gasteiger partial charge in [0.1, 0.15) is 17.2 Å². The molecular weight excluding hydrogens is 324 g/mol. The van der Waals surface area contributed by atoms with E-state index in [0.717, 1.165) is 12.1 Å². The summed E-state index contributed by atoms with van der Waals surface area (Å²) in [6, 6.07) is 2.06. The molecule has 19 heavy (non-hydrogen) atoms. The van der Waals surface area contributed by atoms with Crippen molar-refractivity contribution in [2.75, 3.05) is 26.4 Å². The van der Waals surface area contributed by atoms with Crippen LogP contribution in [0, 0.1) is 11.6 Å². The fraction of sp³-hybridized carbons (Fsp3) is 0.417. The largest absolute Gasteiger partial charge is 0.394 e. The number of hydrogen-bond donors (Lipinski definition) is 2. The molecule has 1 amide bonds. The fourth-order valence-electron chi connectivity index (χ4n) is 1.39. The normalized spacial score (nSPS) is 10.5. The molecule has 0 heterocycles. The zero-order valence-corrected chi connectivity index (χ0v) is 11.7. The zero-order chi connectivity index (χ0) is 14.3. The van der Waals surface area contributed by atoms with E-state index < -0.39 is 23.1 Å². The van der Waals surface area contributed by atoms with Crippen LogP contribution in [0.3, 0.4) is 0 Å². The van der Waals surface area contributed by atoms with Crippen molar-refractivity contribution >= 4 is 21.8 Å². The molecule has 0 unspecified atom stereocenters. The number of rotatable bonds is 7. The summed E-state index contributed by atoms with van der Waals surface area (Å²) in [5.41, 5.74) is -0.598. The lowest BCUT2D eigenvalue weighted by Gasteiger charge is -2.07. The SMILES string of the molecule is O=C(NCCCOCCO)c1c(F)cc(Br)cc1F. The number of halogens is 3. The Bertz CT molecular complexity index is 420. The first kappa shape index (κ1) is 16.0. The summed E-state index contributed by atoms with van der Waals surface area (Å²) >= 11 is 2.94. The van der Waals surface area contributed by atoms with Gasteiger partial charge < -0.3 is 15.2 Å². The minimum atomic E-state index is -0.916. The second-order valence-corrected chi connectivity index (χ2v) is 4.61. The predicted molar refractivity (Wildman–Crippen MR) is 68.9 cm³/mol. The number of carbonyl (C=O) groups excluding carboxylic acids is 1. The zero-order valence-electron chi connectivity index (χ0n) is 10.1. The Morgan fingerprint density at radius 3 is 2.53 bits per heavy atom. The van der Waals surface area contributed by atoms with Gasteiger partial charge in [0.15, 0.2) is 0 Å². The number of amides is 1. The van der Waals surface area contributed by atoms with Crippen LogP contribution in [0.1, 0.15) is 16.8 Å². The first-order chi connectivity index (χ1) is 9.06. The van der Waals surface area contributed by atoms with E-state index in [2.05, 4.69) is 21.2 Å². The molecule has 2 N–H and O–H groups in total. The van der Waals surface area contributed by atoms with E-state index >= 15 is 0 Å². The molecule has 0 aliphatic rings. The lowest BCUT2D eigenvalue weighted by atomic mass is 10.2. The topological polar surface area (TPSA) is 58.6 Å². The summed E-state index contributed by atoms with van der Waals surface area (Å²) in [6.45, 7) is 0.747. The Labute approximate surface area is 117 Å². The molecule has 4 nitrogen and oxygen atoms in total. The molecule has 0 fully saturated rings. The number of ether oxygens (including phenoxy) is 1. The second kappa shape index (κ2) is 8.19. The van der Waals surface area contributed by atoms with Crippen molar-refractivity contribution in [3.63, 3.8) is 0 Å². The number of nitrogens with one attached hydrogen (secondary N) is 1. The van der Waals surface area contributed by atoms with Crippen molar-refractivity contribution in [1.29, 1.82) is 0 Å². The van der Waals surface area contributed by atoms with Crippen molar-refractivity contribution < 1.29 is 23.4 Å². The van der Waals surface area contributed by atoms with E-state index in [1.807, 2.05) is 0 Å². The minimum absolute atomic E-state index is 0.0678. The van der Waals surface area contributed by atoms with Crippen molar-refractivity contribution in [2.24, 2.45) is 0 Å². The highest BCUT2D eigenvalue weighted by atomic mass is 79.9. The molecule has 0 aliphatic heterocycles. The number of carbonyl (C=O) groups is 1. The summed E-state index contributed by atoms with van der Waals surface area (Å²) in [5.74, 6) is -2.63. The molecule has 1 aromatic rings. The van der Waals surface area contributed by atoms with E-state index in [1.165, 1.54) is 0 Å². The molecule has 0 saturated carbocycles. The predicted octanol–water partition coefficient (Wildman–Crippen LogP) is 1.86. The first-order valence-electron chi connectivity index (χ1n) is 5.67. The molecule has 7 heteroatoms. The molecule has 0 aliphatic carbocycles. The maximum absolute atomic E-state index is 13.5. The Kier molecular flexibility index (Phi) is 6.90. The van der Waals surface area contributed by atoms with Crippen molar-refractivity contribution in [1.82, 2.24) is 5.32 Å². The monoisotopic (exact) mass is 337 g/mol. The van der Waals surface area contributed by atoms with Crippen molar-refractivity contribution in [3.8, 4) is 0 Å². The Morgan fingerprint density at radius 1 is 1.32 bits per heavy atom. The molecule has 0 atom stereocenters. The standard InChI is InChI=1S/C12H14BrF2NO3/c13-8-6-9(14)11(10(15)7-8)12(18)16-2-1-4-19-5-3-17/h6-7,17H,1-5H2,(H,16,18). The number of aliphatic hydroxyl groups is 1. The van der Waals surface area contributed by atoms with E-state index in [9.17, 15) is 13.6 Å². The van der Waals surface area contributed by atoms with Gasteiger partial charge in [0, 0.05) is 17.6 Å². The highest BCUT2D eigenvalue weighted by Crippen LogP contribution is 2.19. The maximum atomic E-state index is 13.5. The third-order valence-corrected chi connectivity index (χ3v) is 2.68. The van der Waals surface area contributed by atoms with Gasteiger partial charge >= 0.3 is 0 Å². The molecule has 0 radical (unpaired) electrons. The molecular formula is C12H14BrF2NO3. The van der Waals surface area contributed by atoms with Crippen LogP contribution in [-0.4, -0.2) is 37.4 Å². The van der Waals surface area contributed by atoms with E-state index in [1.54, 1.807) is 0 Å². The van der Waals surface area contributed by atoms with Gasteiger partial charge in [-0.1, -0.05) is 15.9 Å². The summed E-state index contributed by atoms with van der Waals surface area (Å²) in [7, 11) is 0. The Hall–Kier alpha value is -1.05. The molecule has 0 aromatic heterocycles. The molecule has 106 valence electrons. The third kappa shape index (κ3) is 5.22. The summed E-state index contributed by atoms with van der Waals surface area (Å²) in [5, 5.41) is 10.9. The molecule has 0 spiro atoms. The average molecular weight is 338 g/mol. The van der Waals surface area contributed by atoms with Crippen molar-refractivity contribution in [2.45, 2.75) is 6.42 Å². The summed E-state index contributed by atoms with van der Waals surface area (Å²) < 4.78 is 32.1. The van der Waals surface area contributed by atoms with Crippen LogP contribution in [0.2, 0.25) is 0 Å². The van der Waals surface area contributed by atoms with Gasteiger partial charge in [-0.15, -0.1) is 0 Å². The van der Waals surface area contributed by atoms with Gasteiger partial charge in [-0.2, -0.15) is 0 Å².